The van der Waals surface area contributed by atoms with Crippen LogP contribution in [0.25, 0.3) is 0 Å². The Kier molecular flexibility index (Phi) is 6.51. The van der Waals surface area contributed by atoms with Crippen LogP contribution in [0.2, 0.25) is 0 Å². The van der Waals surface area contributed by atoms with Gasteiger partial charge in [0, 0.05) is 6.54 Å². The number of anilines is 1. The highest BCUT2D eigenvalue weighted by molar-refractivity contribution is 5.95. The Morgan fingerprint density at radius 3 is 2.60 bits per heavy atom. The molecule has 0 bridgehead atoms. The molecule has 1 N–H and O–H groups in total. The second-order valence-corrected chi connectivity index (χ2v) is 5.46. The van der Waals surface area contributed by atoms with Crippen LogP contribution in [0.3, 0.4) is 0 Å². The Hall–Kier alpha value is -2.89. The van der Waals surface area contributed by atoms with Gasteiger partial charge in [0.15, 0.2) is 0 Å². The maximum absolute atomic E-state index is 13.2. The van der Waals surface area contributed by atoms with Crippen molar-refractivity contribution in [3.8, 4) is 5.75 Å². The molecule has 6 heteroatoms. The molecule has 0 spiro atoms. The maximum atomic E-state index is 13.2. The van der Waals surface area contributed by atoms with E-state index in [1.807, 2.05) is 0 Å². The normalized spacial score (nSPS) is 10.2. The largest absolute Gasteiger partial charge is 0.495 e. The average molecular weight is 344 g/mol. The summed E-state index contributed by atoms with van der Waals surface area (Å²) in [5.41, 5.74) is 1.12. The molecule has 5 nitrogen and oxygen atoms in total. The van der Waals surface area contributed by atoms with E-state index in [1.54, 1.807) is 43.3 Å². The summed E-state index contributed by atoms with van der Waals surface area (Å²) in [6, 6.07) is 12.9. The van der Waals surface area contributed by atoms with Crippen molar-refractivity contribution >= 4 is 17.5 Å². The molecule has 0 radical (unpaired) electrons. The fourth-order valence-corrected chi connectivity index (χ4v) is 2.42. The number of hydrogen-bond donors (Lipinski definition) is 1. The molecule has 2 rings (SSSR count). The van der Waals surface area contributed by atoms with E-state index in [-0.39, 0.29) is 30.6 Å². The fourth-order valence-electron chi connectivity index (χ4n) is 2.42. The second kappa shape index (κ2) is 8.82. The van der Waals surface area contributed by atoms with Crippen LogP contribution in [0.4, 0.5) is 10.1 Å². The smallest absolute Gasteiger partial charge is 0.244 e. The zero-order valence-corrected chi connectivity index (χ0v) is 14.3. The van der Waals surface area contributed by atoms with Gasteiger partial charge in [0.25, 0.3) is 0 Å². The van der Waals surface area contributed by atoms with Gasteiger partial charge in [0.2, 0.25) is 11.8 Å². The first kappa shape index (κ1) is 18.4. The molecule has 2 aromatic rings. The quantitative estimate of drug-likeness (QED) is 0.840. The molecule has 0 fully saturated rings. The topological polar surface area (TPSA) is 58.6 Å². The fraction of sp³-hybridized carbons (Fsp3) is 0.263. The molecule has 0 aliphatic carbocycles. The summed E-state index contributed by atoms with van der Waals surface area (Å²) >= 11 is 0. The van der Waals surface area contributed by atoms with E-state index in [2.05, 4.69) is 5.32 Å². The van der Waals surface area contributed by atoms with Crippen molar-refractivity contribution in [2.45, 2.75) is 13.3 Å². The lowest BCUT2D eigenvalue weighted by Crippen LogP contribution is -2.38. The lowest BCUT2D eigenvalue weighted by atomic mass is 10.1. The number of likely N-dealkylation sites (N-methyl/N-ethyl adjacent to an activating group) is 1. The molecule has 0 aliphatic rings. The molecule has 0 unspecified atom stereocenters. The Balaban J connectivity index is 1.98. The van der Waals surface area contributed by atoms with Gasteiger partial charge in [-0.05, 0) is 36.8 Å². The molecule has 2 amide bonds. The zero-order valence-electron chi connectivity index (χ0n) is 14.3. The molecule has 0 saturated carbocycles. The van der Waals surface area contributed by atoms with Crippen molar-refractivity contribution in [2.75, 3.05) is 25.5 Å². The Morgan fingerprint density at radius 2 is 1.92 bits per heavy atom. The van der Waals surface area contributed by atoms with Crippen molar-refractivity contribution in [1.29, 1.82) is 0 Å². The molecular formula is C19H21FN2O3. The highest BCUT2D eigenvalue weighted by Crippen LogP contribution is 2.22. The summed E-state index contributed by atoms with van der Waals surface area (Å²) < 4.78 is 18.4. The van der Waals surface area contributed by atoms with E-state index in [1.165, 1.54) is 24.1 Å². The van der Waals surface area contributed by atoms with Gasteiger partial charge in [-0.25, -0.2) is 4.39 Å². The minimum atomic E-state index is -0.387. The summed E-state index contributed by atoms with van der Waals surface area (Å²) in [4.78, 5) is 26.0. The van der Waals surface area contributed by atoms with Gasteiger partial charge in [-0.15, -0.1) is 0 Å². The summed E-state index contributed by atoms with van der Waals surface area (Å²) in [6.45, 7) is 2.09. The highest BCUT2D eigenvalue weighted by Gasteiger charge is 2.17. The van der Waals surface area contributed by atoms with Crippen LogP contribution in [0, 0.1) is 5.82 Å². The van der Waals surface area contributed by atoms with Gasteiger partial charge in [-0.2, -0.15) is 0 Å². The van der Waals surface area contributed by atoms with E-state index < -0.39 is 0 Å². The first-order chi connectivity index (χ1) is 12.0. The van der Waals surface area contributed by atoms with Crippen molar-refractivity contribution < 1.29 is 18.7 Å². The first-order valence-corrected chi connectivity index (χ1v) is 7.98. The predicted octanol–water partition coefficient (Wildman–Crippen LogP) is 2.86. The van der Waals surface area contributed by atoms with E-state index >= 15 is 0 Å². The highest BCUT2D eigenvalue weighted by atomic mass is 19.1. The third-order valence-electron chi connectivity index (χ3n) is 3.69. The summed E-state index contributed by atoms with van der Waals surface area (Å²) in [7, 11) is 1.52. The third kappa shape index (κ3) is 5.31. The molecule has 0 aliphatic heterocycles. The van der Waals surface area contributed by atoms with Crippen LogP contribution >= 0.6 is 0 Å². The van der Waals surface area contributed by atoms with Gasteiger partial charge < -0.3 is 15.0 Å². The Labute approximate surface area is 146 Å². The molecule has 0 heterocycles. The SMILES string of the molecule is CCN(CC(=O)Nc1ccccc1OC)C(=O)Cc1cccc(F)c1. The summed E-state index contributed by atoms with van der Waals surface area (Å²) in [5.74, 6) is -0.394. The minimum Gasteiger partial charge on any atom is -0.495 e. The number of hydrogen-bond acceptors (Lipinski definition) is 3. The zero-order chi connectivity index (χ0) is 18.2. The number of carbonyl (C=O) groups is 2. The van der Waals surface area contributed by atoms with Gasteiger partial charge in [-0.1, -0.05) is 24.3 Å². The van der Waals surface area contributed by atoms with Crippen LogP contribution in [0.15, 0.2) is 48.5 Å². The molecule has 0 saturated heterocycles. The summed E-state index contributed by atoms with van der Waals surface area (Å²) in [5, 5.41) is 2.74. The number of para-hydroxylation sites is 2. The first-order valence-electron chi connectivity index (χ1n) is 7.98. The lowest BCUT2D eigenvalue weighted by Gasteiger charge is -2.21. The van der Waals surface area contributed by atoms with Crippen molar-refractivity contribution in [2.24, 2.45) is 0 Å². The van der Waals surface area contributed by atoms with Gasteiger partial charge in [0.05, 0.1) is 25.8 Å². The minimum absolute atomic E-state index is 0.0491. The lowest BCUT2D eigenvalue weighted by molar-refractivity contribution is -0.133. The van der Waals surface area contributed by atoms with Crippen molar-refractivity contribution in [1.82, 2.24) is 4.90 Å². The van der Waals surface area contributed by atoms with Crippen LogP contribution in [-0.2, 0) is 16.0 Å². The van der Waals surface area contributed by atoms with Crippen molar-refractivity contribution in [3.63, 3.8) is 0 Å². The number of nitrogens with one attached hydrogen (secondary N) is 1. The number of methoxy groups -OCH3 is 1. The van der Waals surface area contributed by atoms with Crippen LogP contribution < -0.4 is 10.1 Å². The number of benzene rings is 2. The standard InChI is InChI=1S/C19H21FN2O3/c1-3-22(19(24)12-14-7-6-8-15(20)11-14)13-18(23)21-16-9-4-5-10-17(16)25-2/h4-11H,3,12-13H2,1-2H3,(H,21,23). The predicted molar refractivity (Wildman–Crippen MR) is 94.0 cm³/mol. The molecule has 0 aromatic heterocycles. The van der Waals surface area contributed by atoms with E-state index in [0.29, 0.717) is 23.5 Å². The summed E-state index contributed by atoms with van der Waals surface area (Å²) in [6.07, 6.45) is 0.0491. The van der Waals surface area contributed by atoms with Crippen LogP contribution in [0.1, 0.15) is 12.5 Å². The second-order valence-electron chi connectivity index (χ2n) is 5.46. The molecule has 2 aromatic carbocycles. The Bertz CT molecular complexity index is 749. The van der Waals surface area contributed by atoms with E-state index in [0.717, 1.165) is 0 Å². The van der Waals surface area contributed by atoms with E-state index in [4.69, 9.17) is 4.74 Å². The maximum Gasteiger partial charge on any atom is 0.244 e. The third-order valence-corrected chi connectivity index (χ3v) is 3.69. The monoisotopic (exact) mass is 344 g/mol. The number of amides is 2. The number of nitrogens with zero attached hydrogens (tertiary/aromatic N) is 1. The number of ether oxygens (including phenoxy) is 1. The van der Waals surface area contributed by atoms with Gasteiger partial charge >= 0.3 is 0 Å². The molecule has 25 heavy (non-hydrogen) atoms. The van der Waals surface area contributed by atoms with Crippen LogP contribution in [-0.4, -0.2) is 36.9 Å². The van der Waals surface area contributed by atoms with Gasteiger partial charge in [0.1, 0.15) is 11.6 Å². The number of carbonyl (C=O) groups excluding carboxylic acids is 2. The van der Waals surface area contributed by atoms with Crippen molar-refractivity contribution in [3.05, 3.63) is 59.9 Å². The van der Waals surface area contributed by atoms with Crippen LogP contribution in [0.5, 0.6) is 5.75 Å². The molecule has 0 atom stereocenters. The average Bonchev–Trinajstić information content (AvgIpc) is 2.60. The molecular weight excluding hydrogens is 323 g/mol. The number of rotatable bonds is 7. The molecule has 132 valence electrons. The Morgan fingerprint density at radius 1 is 1.16 bits per heavy atom. The number of halogens is 1. The van der Waals surface area contributed by atoms with Gasteiger partial charge in [-0.3, -0.25) is 9.59 Å². The van der Waals surface area contributed by atoms with E-state index in [9.17, 15) is 14.0 Å².